The number of nitrogens with one attached hydrogen (secondary N) is 1. The van der Waals surface area contributed by atoms with Gasteiger partial charge in [0.15, 0.2) is 0 Å². The fraction of sp³-hybridized carbons (Fsp3) is 0.308. The fourth-order valence-electron chi connectivity index (χ4n) is 1.67. The molecule has 3 nitrogen and oxygen atoms in total. The van der Waals surface area contributed by atoms with Crippen molar-refractivity contribution in [3.8, 4) is 0 Å². The second-order valence-electron chi connectivity index (χ2n) is 4.15. The first-order valence-corrected chi connectivity index (χ1v) is 6.50. The Morgan fingerprint density at radius 1 is 1.29 bits per heavy atom. The van der Waals surface area contributed by atoms with Gasteiger partial charge in [-0.05, 0) is 31.0 Å². The van der Waals surface area contributed by atoms with E-state index in [1.807, 2.05) is 19.9 Å². The van der Waals surface area contributed by atoms with Crippen molar-refractivity contribution >= 4 is 17.0 Å². The SMILES string of the molecule is Cc1nc(CNCc2ccc(N)c(C)c2)cs1. The number of benzene rings is 1. The van der Waals surface area contributed by atoms with Crippen LogP contribution in [0, 0.1) is 13.8 Å². The molecule has 0 radical (unpaired) electrons. The summed E-state index contributed by atoms with van der Waals surface area (Å²) in [6.07, 6.45) is 0. The zero-order valence-electron chi connectivity index (χ0n) is 10.2. The molecule has 0 aliphatic carbocycles. The van der Waals surface area contributed by atoms with Crippen LogP contribution < -0.4 is 11.1 Å². The van der Waals surface area contributed by atoms with E-state index in [0.29, 0.717) is 0 Å². The first-order valence-electron chi connectivity index (χ1n) is 5.62. The topological polar surface area (TPSA) is 50.9 Å². The molecule has 0 amide bonds. The largest absolute Gasteiger partial charge is 0.399 e. The van der Waals surface area contributed by atoms with Gasteiger partial charge in [0.25, 0.3) is 0 Å². The molecule has 0 aliphatic rings. The molecule has 2 aromatic rings. The highest BCUT2D eigenvalue weighted by Crippen LogP contribution is 2.13. The highest BCUT2D eigenvalue weighted by Gasteiger charge is 1.99. The van der Waals surface area contributed by atoms with Crippen molar-refractivity contribution in [2.75, 3.05) is 5.73 Å². The summed E-state index contributed by atoms with van der Waals surface area (Å²) >= 11 is 1.69. The zero-order valence-corrected chi connectivity index (χ0v) is 11.0. The van der Waals surface area contributed by atoms with Crippen molar-refractivity contribution in [1.82, 2.24) is 10.3 Å². The molecule has 0 bridgehead atoms. The average molecular weight is 247 g/mol. The van der Waals surface area contributed by atoms with E-state index in [4.69, 9.17) is 5.73 Å². The van der Waals surface area contributed by atoms with E-state index in [9.17, 15) is 0 Å². The van der Waals surface area contributed by atoms with Crippen LogP contribution in [0.3, 0.4) is 0 Å². The molecule has 0 saturated heterocycles. The molecule has 1 aromatic carbocycles. The number of nitrogen functional groups attached to an aromatic ring is 1. The van der Waals surface area contributed by atoms with Crippen molar-refractivity contribution in [2.45, 2.75) is 26.9 Å². The normalized spacial score (nSPS) is 10.7. The number of nitrogens with two attached hydrogens (primary N) is 1. The van der Waals surface area contributed by atoms with Gasteiger partial charge in [-0.1, -0.05) is 12.1 Å². The molecule has 1 aromatic heterocycles. The smallest absolute Gasteiger partial charge is 0.0897 e. The molecule has 90 valence electrons. The van der Waals surface area contributed by atoms with Crippen LogP contribution in [0.4, 0.5) is 5.69 Å². The molecular formula is C13H17N3S. The minimum absolute atomic E-state index is 0.813. The van der Waals surface area contributed by atoms with Crippen molar-refractivity contribution in [3.63, 3.8) is 0 Å². The lowest BCUT2D eigenvalue weighted by Gasteiger charge is -2.06. The molecule has 4 heteroatoms. The number of anilines is 1. The number of thiazole rings is 1. The van der Waals surface area contributed by atoms with Gasteiger partial charge in [-0.3, -0.25) is 0 Å². The maximum absolute atomic E-state index is 5.78. The van der Waals surface area contributed by atoms with Gasteiger partial charge in [-0.25, -0.2) is 4.98 Å². The number of aromatic nitrogens is 1. The van der Waals surface area contributed by atoms with Crippen molar-refractivity contribution in [2.24, 2.45) is 0 Å². The van der Waals surface area contributed by atoms with Gasteiger partial charge in [0, 0.05) is 24.2 Å². The Bertz CT molecular complexity index is 505. The number of nitrogens with zero attached hydrogens (tertiary/aromatic N) is 1. The molecule has 17 heavy (non-hydrogen) atoms. The van der Waals surface area contributed by atoms with Crippen LogP contribution in [0.2, 0.25) is 0 Å². The monoisotopic (exact) mass is 247 g/mol. The second-order valence-corrected chi connectivity index (χ2v) is 5.21. The molecule has 0 aliphatic heterocycles. The Morgan fingerprint density at radius 2 is 2.12 bits per heavy atom. The molecule has 1 heterocycles. The lowest BCUT2D eigenvalue weighted by atomic mass is 10.1. The van der Waals surface area contributed by atoms with Gasteiger partial charge < -0.3 is 11.1 Å². The number of hydrogen-bond acceptors (Lipinski definition) is 4. The first-order chi connectivity index (χ1) is 8.15. The number of aryl methyl sites for hydroxylation is 2. The van der Waals surface area contributed by atoms with Gasteiger partial charge >= 0.3 is 0 Å². The molecule has 0 fully saturated rings. The Morgan fingerprint density at radius 3 is 2.76 bits per heavy atom. The van der Waals surface area contributed by atoms with Crippen LogP contribution >= 0.6 is 11.3 Å². The van der Waals surface area contributed by atoms with Gasteiger partial charge in [0.05, 0.1) is 10.7 Å². The highest BCUT2D eigenvalue weighted by molar-refractivity contribution is 7.09. The van der Waals surface area contributed by atoms with Crippen LogP contribution in [0.5, 0.6) is 0 Å². The van der Waals surface area contributed by atoms with Gasteiger partial charge in [-0.2, -0.15) is 0 Å². The van der Waals surface area contributed by atoms with Crippen LogP contribution in [0.25, 0.3) is 0 Å². The number of rotatable bonds is 4. The van der Waals surface area contributed by atoms with E-state index < -0.39 is 0 Å². The average Bonchev–Trinajstić information content (AvgIpc) is 2.70. The summed E-state index contributed by atoms with van der Waals surface area (Å²) in [4.78, 5) is 4.41. The van der Waals surface area contributed by atoms with E-state index >= 15 is 0 Å². The summed E-state index contributed by atoms with van der Waals surface area (Å²) in [5.41, 5.74) is 10.1. The molecule has 0 unspecified atom stereocenters. The molecule has 3 N–H and O–H groups in total. The third-order valence-electron chi connectivity index (χ3n) is 2.64. The molecule has 0 atom stereocenters. The molecular weight excluding hydrogens is 230 g/mol. The van der Waals surface area contributed by atoms with Crippen molar-refractivity contribution < 1.29 is 0 Å². The third-order valence-corrected chi connectivity index (χ3v) is 3.46. The van der Waals surface area contributed by atoms with Crippen molar-refractivity contribution in [1.29, 1.82) is 0 Å². The van der Waals surface area contributed by atoms with Gasteiger partial charge in [0.2, 0.25) is 0 Å². The predicted molar refractivity (Wildman–Crippen MR) is 73.0 cm³/mol. The molecule has 0 saturated carbocycles. The molecule has 2 rings (SSSR count). The first kappa shape index (κ1) is 12.1. The van der Waals surface area contributed by atoms with E-state index in [1.54, 1.807) is 11.3 Å². The summed E-state index contributed by atoms with van der Waals surface area (Å²) in [5, 5.41) is 6.59. The summed E-state index contributed by atoms with van der Waals surface area (Å²) in [6, 6.07) is 6.13. The minimum atomic E-state index is 0.813. The Hall–Kier alpha value is -1.39. The van der Waals surface area contributed by atoms with Crippen LogP contribution in [0.15, 0.2) is 23.6 Å². The van der Waals surface area contributed by atoms with E-state index in [-0.39, 0.29) is 0 Å². The van der Waals surface area contributed by atoms with Gasteiger partial charge in [-0.15, -0.1) is 11.3 Å². The van der Waals surface area contributed by atoms with E-state index in [1.165, 1.54) is 5.56 Å². The van der Waals surface area contributed by atoms with Crippen LogP contribution in [0.1, 0.15) is 21.8 Å². The lowest BCUT2D eigenvalue weighted by Crippen LogP contribution is -2.13. The highest BCUT2D eigenvalue weighted by atomic mass is 32.1. The molecule has 0 spiro atoms. The Labute approximate surface area is 106 Å². The predicted octanol–water partition coefficient (Wildman–Crippen LogP) is 2.63. The zero-order chi connectivity index (χ0) is 12.3. The Balaban J connectivity index is 1.87. The van der Waals surface area contributed by atoms with Crippen LogP contribution in [-0.2, 0) is 13.1 Å². The second kappa shape index (κ2) is 5.29. The summed E-state index contributed by atoms with van der Waals surface area (Å²) in [6.45, 7) is 5.71. The summed E-state index contributed by atoms with van der Waals surface area (Å²) in [5.74, 6) is 0. The third kappa shape index (κ3) is 3.28. The minimum Gasteiger partial charge on any atom is -0.399 e. The van der Waals surface area contributed by atoms with E-state index in [0.717, 1.165) is 35.0 Å². The summed E-state index contributed by atoms with van der Waals surface area (Å²) in [7, 11) is 0. The lowest BCUT2D eigenvalue weighted by molar-refractivity contribution is 0.681. The summed E-state index contributed by atoms with van der Waals surface area (Å²) < 4.78 is 0. The van der Waals surface area contributed by atoms with Gasteiger partial charge in [0.1, 0.15) is 0 Å². The van der Waals surface area contributed by atoms with Crippen molar-refractivity contribution in [3.05, 3.63) is 45.4 Å². The standard InChI is InChI=1S/C13H17N3S/c1-9-5-11(3-4-13(9)14)6-15-7-12-8-17-10(2)16-12/h3-5,8,15H,6-7,14H2,1-2H3. The number of hydrogen-bond donors (Lipinski definition) is 2. The fourth-order valence-corrected chi connectivity index (χ4v) is 2.28. The maximum Gasteiger partial charge on any atom is 0.0897 e. The van der Waals surface area contributed by atoms with Crippen LogP contribution in [-0.4, -0.2) is 4.98 Å². The van der Waals surface area contributed by atoms with E-state index in [2.05, 4.69) is 27.8 Å². The quantitative estimate of drug-likeness (QED) is 0.817. The maximum atomic E-state index is 5.78. The Kier molecular flexibility index (Phi) is 3.76.